The topological polar surface area (TPSA) is 104 Å². The summed E-state index contributed by atoms with van der Waals surface area (Å²) in [5, 5.41) is 15.0. The van der Waals surface area contributed by atoms with Crippen LogP contribution in [0.5, 0.6) is 17.2 Å². The molecule has 1 aromatic heterocycles. The van der Waals surface area contributed by atoms with Crippen molar-refractivity contribution < 1.29 is 18.9 Å². The second-order valence-corrected chi connectivity index (χ2v) is 7.29. The normalized spacial score (nSPS) is 16.3. The van der Waals surface area contributed by atoms with E-state index in [1.54, 1.807) is 21.3 Å². The molecule has 1 aliphatic rings. The molecule has 3 rings (SSSR count). The summed E-state index contributed by atoms with van der Waals surface area (Å²) in [5.74, 6) is 4.12. The standard InChI is InChI=1S/C21H32N6O4/c1-14-25-26-19(27(14)2)13-24-21(23-12-16-7-6-8-31-16)22-11-15-9-17(28-3)20(30-5)18(10-15)29-4/h9-10,16H,6-8,11-13H2,1-5H3,(H2,22,23,24). The van der Waals surface area contributed by atoms with E-state index in [0.717, 1.165) is 36.7 Å². The Morgan fingerprint density at radius 3 is 2.45 bits per heavy atom. The summed E-state index contributed by atoms with van der Waals surface area (Å²) in [6, 6.07) is 3.79. The zero-order valence-electron chi connectivity index (χ0n) is 18.9. The largest absolute Gasteiger partial charge is 0.493 e. The van der Waals surface area contributed by atoms with Gasteiger partial charge in [-0.15, -0.1) is 10.2 Å². The van der Waals surface area contributed by atoms with E-state index in [2.05, 4.69) is 20.8 Å². The van der Waals surface area contributed by atoms with Gasteiger partial charge >= 0.3 is 0 Å². The Morgan fingerprint density at radius 2 is 1.90 bits per heavy atom. The van der Waals surface area contributed by atoms with Crippen molar-refractivity contribution in [1.82, 2.24) is 25.4 Å². The molecule has 1 unspecified atom stereocenters. The number of guanidine groups is 1. The number of hydrogen-bond acceptors (Lipinski definition) is 7. The molecule has 0 bridgehead atoms. The van der Waals surface area contributed by atoms with Crippen molar-refractivity contribution in [2.45, 2.75) is 39.0 Å². The van der Waals surface area contributed by atoms with Gasteiger partial charge in [0.2, 0.25) is 5.75 Å². The molecule has 10 nitrogen and oxygen atoms in total. The summed E-state index contributed by atoms with van der Waals surface area (Å²) in [6.07, 6.45) is 2.34. The van der Waals surface area contributed by atoms with Crippen LogP contribution < -0.4 is 24.8 Å². The number of rotatable bonds is 9. The molecule has 1 saturated heterocycles. The number of nitrogens with zero attached hydrogens (tertiary/aromatic N) is 4. The molecule has 0 saturated carbocycles. The fourth-order valence-corrected chi connectivity index (χ4v) is 3.35. The predicted octanol–water partition coefficient (Wildman–Crippen LogP) is 1.56. The molecule has 2 N–H and O–H groups in total. The Bertz CT molecular complexity index is 867. The van der Waals surface area contributed by atoms with Crippen molar-refractivity contribution in [3.63, 3.8) is 0 Å². The van der Waals surface area contributed by atoms with E-state index >= 15 is 0 Å². The van der Waals surface area contributed by atoms with Gasteiger partial charge in [-0.3, -0.25) is 0 Å². The first-order chi connectivity index (χ1) is 15.0. The molecule has 170 valence electrons. The summed E-state index contributed by atoms with van der Waals surface area (Å²) in [6.45, 7) is 4.36. The lowest BCUT2D eigenvalue weighted by atomic mass is 10.2. The van der Waals surface area contributed by atoms with Crippen LogP contribution in [0.2, 0.25) is 0 Å². The number of aryl methyl sites for hydroxylation is 1. The molecule has 0 radical (unpaired) electrons. The summed E-state index contributed by atoms with van der Waals surface area (Å²) < 4.78 is 23.9. The summed E-state index contributed by atoms with van der Waals surface area (Å²) in [4.78, 5) is 4.74. The Balaban J connectivity index is 1.74. The first-order valence-electron chi connectivity index (χ1n) is 10.3. The van der Waals surface area contributed by atoms with E-state index in [-0.39, 0.29) is 6.10 Å². The van der Waals surface area contributed by atoms with Crippen molar-refractivity contribution in [2.75, 3.05) is 34.5 Å². The highest BCUT2D eigenvalue weighted by atomic mass is 16.5. The van der Waals surface area contributed by atoms with Gasteiger partial charge in [0.15, 0.2) is 23.3 Å². The second-order valence-electron chi connectivity index (χ2n) is 7.29. The molecule has 10 heteroatoms. The summed E-state index contributed by atoms with van der Waals surface area (Å²) in [5.41, 5.74) is 0.933. The maximum absolute atomic E-state index is 5.72. The van der Waals surface area contributed by atoms with Gasteiger partial charge in [0.25, 0.3) is 0 Å². The first kappa shape index (κ1) is 22.7. The molecule has 1 atom stereocenters. The average molecular weight is 433 g/mol. The van der Waals surface area contributed by atoms with E-state index in [4.69, 9.17) is 23.9 Å². The van der Waals surface area contributed by atoms with Gasteiger partial charge in [0, 0.05) is 20.2 Å². The van der Waals surface area contributed by atoms with Gasteiger partial charge in [0.1, 0.15) is 5.82 Å². The Hall–Kier alpha value is -3.01. The summed E-state index contributed by atoms with van der Waals surface area (Å²) >= 11 is 0. The van der Waals surface area contributed by atoms with E-state index in [1.807, 2.05) is 30.7 Å². The molecule has 0 spiro atoms. The van der Waals surface area contributed by atoms with Crippen LogP contribution in [0.4, 0.5) is 0 Å². The molecule has 0 aliphatic carbocycles. The number of hydrogen-bond donors (Lipinski definition) is 2. The fourth-order valence-electron chi connectivity index (χ4n) is 3.35. The maximum atomic E-state index is 5.72. The number of methoxy groups -OCH3 is 3. The van der Waals surface area contributed by atoms with Crippen LogP contribution in [-0.4, -0.2) is 61.3 Å². The highest BCUT2D eigenvalue weighted by molar-refractivity contribution is 5.79. The van der Waals surface area contributed by atoms with Crippen LogP contribution in [0.25, 0.3) is 0 Å². The fraction of sp³-hybridized carbons (Fsp3) is 0.571. The Kier molecular flexibility index (Phi) is 7.94. The minimum Gasteiger partial charge on any atom is -0.493 e. The predicted molar refractivity (Wildman–Crippen MR) is 117 cm³/mol. The zero-order chi connectivity index (χ0) is 22.2. The number of nitrogens with one attached hydrogen (secondary N) is 2. The molecule has 31 heavy (non-hydrogen) atoms. The molecular weight excluding hydrogens is 400 g/mol. The van der Waals surface area contributed by atoms with Crippen molar-refractivity contribution in [1.29, 1.82) is 0 Å². The third-order valence-corrected chi connectivity index (χ3v) is 5.26. The van der Waals surface area contributed by atoms with Crippen LogP contribution in [0.15, 0.2) is 17.1 Å². The highest BCUT2D eigenvalue weighted by Crippen LogP contribution is 2.38. The minimum absolute atomic E-state index is 0.199. The lowest BCUT2D eigenvalue weighted by Gasteiger charge is -2.16. The Labute approximate surface area is 183 Å². The van der Waals surface area contributed by atoms with Crippen molar-refractivity contribution in [3.05, 3.63) is 29.3 Å². The van der Waals surface area contributed by atoms with Crippen LogP contribution in [0.3, 0.4) is 0 Å². The van der Waals surface area contributed by atoms with Gasteiger partial charge in [-0.25, -0.2) is 4.99 Å². The number of ether oxygens (including phenoxy) is 4. The molecule has 2 heterocycles. The van der Waals surface area contributed by atoms with Gasteiger partial charge in [-0.1, -0.05) is 0 Å². The van der Waals surface area contributed by atoms with Crippen LogP contribution in [-0.2, 0) is 24.9 Å². The lowest BCUT2D eigenvalue weighted by Crippen LogP contribution is -2.41. The van der Waals surface area contributed by atoms with E-state index in [9.17, 15) is 0 Å². The van der Waals surface area contributed by atoms with Crippen molar-refractivity contribution in [2.24, 2.45) is 12.0 Å². The van der Waals surface area contributed by atoms with Gasteiger partial charge in [-0.05, 0) is 37.5 Å². The highest BCUT2D eigenvalue weighted by Gasteiger charge is 2.17. The molecule has 1 aliphatic heterocycles. The smallest absolute Gasteiger partial charge is 0.203 e. The van der Waals surface area contributed by atoms with Crippen LogP contribution >= 0.6 is 0 Å². The number of benzene rings is 1. The minimum atomic E-state index is 0.199. The Morgan fingerprint density at radius 1 is 1.16 bits per heavy atom. The molecule has 0 amide bonds. The molecule has 1 fully saturated rings. The van der Waals surface area contributed by atoms with E-state index in [0.29, 0.717) is 42.8 Å². The average Bonchev–Trinajstić information content (AvgIpc) is 3.42. The lowest BCUT2D eigenvalue weighted by molar-refractivity contribution is 0.113. The van der Waals surface area contributed by atoms with Crippen molar-refractivity contribution >= 4 is 5.96 Å². The second kappa shape index (κ2) is 10.9. The third kappa shape index (κ3) is 5.78. The van der Waals surface area contributed by atoms with Crippen LogP contribution in [0.1, 0.15) is 30.1 Å². The zero-order valence-corrected chi connectivity index (χ0v) is 18.9. The summed E-state index contributed by atoms with van der Waals surface area (Å²) in [7, 11) is 6.73. The van der Waals surface area contributed by atoms with Crippen LogP contribution in [0, 0.1) is 6.92 Å². The van der Waals surface area contributed by atoms with Gasteiger partial charge in [0.05, 0.1) is 40.5 Å². The van der Waals surface area contributed by atoms with E-state index < -0.39 is 0 Å². The molecule has 2 aromatic rings. The maximum Gasteiger partial charge on any atom is 0.203 e. The first-order valence-corrected chi connectivity index (χ1v) is 10.3. The molecule has 1 aromatic carbocycles. The van der Waals surface area contributed by atoms with Crippen molar-refractivity contribution in [3.8, 4) is 17.2 Å². The quantitative estimate of drug-likeness (QED) is 0.455. The SMILES string of the molecule is COc1cc(CN=C(NCc2nnc(C)n2C)NCC2CCCO2)cc(OC)c1OC. The third-order valence-electron chi connectivity index (χ3n) is 5.26. The van der Waals surface area contributed by atoms with Gasteiger partial charge in [-0.2, -0.15) is 0 Å². The number of aromatic nitrogens is 3. The number of aliphatic imine (C=N–C) groups is 1. The monoisotopic (exact) mass is 432 g/mol. The van der Waals surface area contributed by atoms with Gasteiger partial charge < -0.3 is 34.1 Å². The molecular formula is C21H32N6O4. The van der Waals surface area contributed by atoms with E-state index in [1.165, 1.54) is 0 Å².